The van der Waals surface area contributed by atoms with Gasteiger partial charge in [-0.05, 0) is 38.0 Å². The summed E-state index contributed by atoms with van der Waals surface area (Å²) in [5, 5.41) is 3.59. The maximum Gasteiger partial charge on any atom is 0.233 e. The molecule has 0 spiro atoms. The third kappa shape index (κ3) is 4.35. The van der Waals surface area contributed by atoms with Crippen LogP contribution in [0.5, 0.6) is 0 Å². The van der Waals surface area contributed by atoms with E-state index in [0.717, 1.165) is 16.4 Å². The molecule has 0 fully saturated rings. The molecule has 0 aliphatic heterocycles. The van der Waals surface area contributed by atoms with Gasteiger partial charge in [0, 0.05) is 18.9 Å². The van der Waals surface area contributed by atoms with E-state index in [0.29, 0.717) is 6.54 Å². The average molecular weight is 366 g/mol. The second kappa shape index (κ2) is 8.23. The maximum absolute atomic E-state index is 12.5. The Morgan fingerprint density at radius 2 is 1.88 bits per heavy atom. The zero-order valence-electron chi connectivity index (χ0n) is 15.3. The van der Waals surface area contributed by atoms with E-state index in [2.05, 4.69) is 48.4 Å². The Morgan fingerprint density at radius 1 is 1.15 bits per heavy atom. The molecule has 4 nitrogen and oxygen atoms in total. The number of imidazole rings is 1. The van der Waals surface area contributed by atoms with Crippen molar-refractivity contribution in [2.45, 2.75) is 37.7 Å². The summed E-state index contributed by atoms with van der Waals surface area (Å²) in [6.07, 6.45) is 3.70. The molecule has 1 heterocycles. The highest BCUT2D eigenvalue weighted by atomic mass is 32.2. The smallest absolute Gasteiger partial charge is 0.233 e. The Labute approximate surface area is 158 Å². The molecule has 1 N–H and O–H groups in total. The third-order valence-electron chi connectivity index (χ3n) is 4.22. The first-order chi connectivity index (χ1) is 12.5. The van der Waals surface area contributed by atoms with Crippen LogP contribution in [0.3, 0.4) is 0 Å². The minimum atomic E-state index is -0.231. The molecule has 3 rings (SSSR count). The van der Waals surface area contributed by atoms with Crippen LogP contribution >= 0.6 is 11.8 Å². The zero-order chi connectivity index (χ0) is 18.5. The number of hydrogen-bond donors (Lipinski definition) is 1. The molecule has 0 aliphatic rings. The molecule has 0 bridgehead atoms. The van der Waals surface area contributed by atoms with Gasteiger partial charge < -0.3 is 5.32 Å². The number of nitrogens with one attached hydrogen (secondary N) is 1. The Morgan fingerprint density at radius 3 is 2.62 bits per heavy atom. The maximum atomic E-state index is 12.5. The van der Waals surface area contributed by atoms with Gasteiger partial charge in [-0.2, -0.15) is 0 Å². The van der Waals surface area contributed by atoms with Gasteiger partial charge >= 0.3 is 0 Å². The average Bonchev–Trinajstić information content (AvgIpc) is 3.09. The Hall–Kier alpha value is -2.53. The summed E-state index contributed by atoms with van der Waals surface area (Å²) in [7, 11) is 0. The van der Waals surface area contributed by atoms with Crippen LogP contribution in [0.2, 0.25) is 0 Å². The van der Waals surface area contributed by atoms with Crippen LogP contribution in [0.25, 0.3) is 5.69 Å². The SMILES string of the molecule is Cc1ccc(CNC(=O)C(C)Sc2nccn2-c2ccccc2C)cc1. The summed E-state index contributed by atoms with van der Waals surface area (Å²) in [5.41, 5.74) is 4.57. The molecule has 0 aliphatic carbocycles. The van der Waals surface area contributed by atoms with Crippen molar-refractivity contribution in [2.75, 3.05) is 0 Å². The van der Waals surface area contributed by atoms with E-state index in [1.165, 1.54) is 22.9 Å². The fourth-order valence-corrected chi connectivity index (χ4v) is 3.55. The number of nitrogens with zero attached hydrogens (tertiary/aromatic N) is 2. The minimum Gasteiger partial charge on any atom is -0.351 e. The number of aryl methyl sites for hydroxylation is 2. The summed E-state index contributed by atoms with van der Waals surface area (Å²) in [6, 6.07) is 16.3. The van der Waals surface area contributed by atoms with Crippen molar-refractivity contribution in [3.05, 3.63) is 77.6 Å². The lowest BCUT2D eigenvalue weighted by Crippen LogP contribution is -2.30. The molecule has 1 unspecified atom stereocenters. The lowest BCUT2D eigenvalue weighted by molar-refractivity contribution is -0.120. The van der Waals surface area contributed by atoms with E-state index >= 15 is 0 Å². The van der Waals surface area contributed by atoms with Gasteiger partial charge in [-0.1, -0.05) is 59.8 Å². The molecular weight excluding hydrogens is 342 g/mol. The normalized spacial score (nSPS) is 12.0. The lowest BCUT2D eigenvalue weighted by atomic mass is 10.1. The molecule has 2 aromatic carbocycles. The van der Waals surface area contributed by atoms with Crippen LogP contribution in [-0.2, 0) is 11.3 Å². The molecule has 1 atom stereocenters. The van der Waals surface area contributed by atoms with Gasteiger partial charge in [0.15, 0.2) is 5.16 Å². The van der Waals surface area contributed by atoms with Crippen LogP contribution in [0, 0.1) is 13.8 Å². The van der Waals surface area contributed by atoms with Gasteiger partial charge in [0.05, 0.1) is 10.9 Å². The largest absolute Gasteiger partial charge is 0.351 e. The summed E-state index contributed by atoms with van der Waals surface area (Å²) in [5.74, 6) is 0.00917. The quantitative estimate of drug-likeness (QED) is 0.663. The first kappa shape index (κ1) is 18.3. The molecule has 0 saturated carbocycles. The molecule has 5 heteroatoms. The van der Waals surface area contributed by atoms with Crippen molar-refractivity contribution in [3.63, 3.8) is 0 Å². The Kier molecular flexibility index (Phi) is 5.78. The fraction of sp³-hybridized carbons (Fsp3) is 0.238. The van der Waals surface area contributed by atoms with Crippen molar-refractivity contribution in [2.24, 2.45) is 0 Å². The topological polar surface area (TPSA) is 46.9 Å². The summed E-state index contributed by atoms with van der Waals surface area (Å²) < 4.78 is 2.03. The molecule has 0 saturated heterocycles. The first-order valence-corrected chi connectivity index (χ1v) is 9.52. The number of carbonyl (C=O) groups excluding carboxylic acids is 1. The number of benzene rings is 2. The van der Waals surface area contributed by atoms with Gasteiger partial charge in [0.25, 0.3) is 0 Å². The second-order valence-corrected chi connectivity index (χ2v) is 7.64. The van der Waals surface area contributed by atoms with Gasteiger partial charge in [0.1, 0.15) is 0 Å². The predicted octanol–water partition coefficient (Wildman–Crippen LogP) is 4.29. The van der Waals surface area contributed by atoms with E-state index in [4.69, 9.17) is 0 Å². The standard InChI is InChI=1S/C21H23N3OS/c1-15-8-10-18(11-9-15)14-23-20(25)17(3)26-21-22-12-13-24(21)19-7-5-4-6-16(19)2/h4-13,17H,14H2,1-3H3,(H,23,25). The highest BCUT2D eigenvalue weighted by molar-refractivity contribution is 8.00. The van der Waals surface area contributed by atoms with E-state index < -0.39 is 0 Å². The molecule has 3 aromatic rings. The number of amides is 1. The van der Waals surface area contributed by atoms with Crippen LogP contribution < -0.4 is 5.32 Å². The molecule has 134 valence electrons. The molecule has 1 amide bonds. The van der Waals surface area contributed by atoms with E-state index in [-0.39, 0.29) is 11.2 Å². The van der Waals surface area contributed by atoms with Gasteiger partial charge in [-0.25, -0.2) is 4.98 Å². The highest BCUT2D eigenvalue weighted by Gasteiger charge is 2.18. The van der Waals surface area contributed by atoms with Crippen LogP contribution in [0.15, 0.2) is 66.1 Å². The van der Waals surface area contributed by atoms with Crippen molar-refractivity contribution < 1.29 is 4.79 Å². The summed E-state index contributed by atoms with van der Waals surface area (Å²) >= 11 is 1.47. The highest BCUT2D eigenvalue weighted by Crippen LogP contribution is 2.26. The number of para-hydroxylation sites is 1. The monoisotopic (exact) mass is 365 g/mol. The zero-order valence-corrected chi connectivity index (χ0v) is 16.1. The number of rotatable bonds is 6. The molecule has 0 radical (unpaired) electrons. The van der Waals surface area contributed by atoms with Crippen molar-refractivity contribution in [1.82, 2.24) is 14.9 Å². The van der Waals surface area contributed by atoms with Crippen LogP contribution in [-0.4, -0.2) is 20.7 Å². The van der Waals surface area contributed by atoms with Crippen molar-refractivity contribution in [3.8, 4) is 5.69 Å². The van der Waals surface area contributed by atoms with Gasteiger partial charge in [-0.15, -0.1) is 0 Å². The minimum absolute atomic E-state index is 0.00917. The molecule has 26 heavy (non-hydrogen) atoms. The second-order valence-electron chi connectivity index (χ2n) is 6.33. The van der Waals surface area contributed by atoms with Crippen LogP contribution in [0.1, 0.15) is 23.6 Å². The Balaban J connectivity index is 1.64. The summed E-state index contributed by atoms with van der Waals surface area (Å²) in [4.78, 5) is 16.9. The predicted molar refractivity (Wildman–Crippen MR) is 107 cm³/mol. The van der Waals surface area contributed by atoms with Gasteiger partial charge in [-0.3, -0.25) is 9.36 Å². The first-order valence-electron chi connectivity index (χ1n) is 8.64. The van der Waals surface area contributed by atoms with Crippen LogP contribution in [0.4, 0.5) is 0 Å². The van der Waals surface area contributed by atoms with Crippen molar-refractivity contribution in [1.29, 1.82) is 0 Å². The lowest BCUT2D eigenvalue weighted by Gasteiger charge is -2.14. The van der Waals surface area contributed by atoms with Gasteiger partial charge in [0.2, 0.25) is 5.91 Å². The number of hydrogen-bond acceptors (Lipinski definition) is 3. The van der Waals surface area contributed by atoms with E-state index in [1.807, 2.05) is 42.0 Å². The van der Waals surface area contributed by atoms with E-state index in [1.54, 1.807) is 6.20 Å². The Bertz CT molecular complexity index is 886. The summed E-state index contributed by atoms with van der Waals surface area (Å²) in [6.45, 7) is 6.57. The fourth-order valence-electron chi connectivity index (χ4n) is 2.64. The molecular formula is C21H23N3OS. The molecule has 1 aromatic heterocycles. The number of thioether (sulfide) groups is 1. The number of carbonyl (C=O) groups is 1. The number of aromatic nitrogens is 2. The van der Waals surface area contributed by atoms with E-state index in [9.17, 15) is 4.79 Å². The third-order valence-corrected chi connectivity index (χ3v) is 5.30. The van der Waals surface area contributed by atoms with Crippen molar-refractivity contribution >= 4 is 17.7 Å².